The van der Waals surface area contributed by atoms with Gasteiger partial charge in [-0.2, -0.15) is 0 Å². The Kier molecular flexibility index (Phi) is 3.62. The van der Waals surface area contributed by atoms with E-state index in [1.807, 2.05) is 12.1 Å². The molecule has 1 aliphatic rings. The van der Waals surface area contributed by atoms with Crippen LogP contribution in [0, 0.1) is 0 Å². The zero-order valence-corrected chi connectivity index (χ0v) is 13.5. The summed E-state index contributed by atoms with van der Waals surface area (Å²) in [5, 5.41) is 8.66. The van der Waals surface area contributed by atoms with Crippen molar-refractivity contribution in [1.82, 2.24) is 14.8 Å². The Bertz CT molecular complexity index is 621. The fourth-order valence-electron chi connectivity index (χ4n) is 2.45. The number of aryl methyl sites for hydroxylation is 1. The molecule has 0 saturated heterocycles. The molecular formula is C13H14Br2N4. The molecular weight excluding hydrogens is 372 g/mol. The van der Waals surface area contributed by atoms with Crippen LogP contribution in [-0.4, -0.2) is 14.8 Å². The van der Waals surface area contributed by atoms with E-state index in [0.29, 0.717) is 5.69 Å². The largest absolute Gasteiger partial charge is 0.397 e. The number of benzene rings is 1. The van der Waals surface area contributed by atoms with Crippen LogP contribution in [0.2, 0.25) is 0 Å². The van der Waals surface area contributed by atoms with Gasteiger partial charge in [-0.05, 0) is 40.9 Å². The molecule has 0 bridgehead atoms. The van der Waals surface area contributed by atoms with Crippen molar-refractivity contribution >= 4 is 37.5 Å². The molecule has 3 rings (SSSR count). The molecule has 6 heteroatoms. The van der Waals surface area contributed by atoms with Crippen LogP contribution in [0.25, 0.3) is 11.4 Å². The Morgan fingerprint density at radius 2 is 1.95 bits per heavy atom. The van der Waals surface area contributed by atoms with Crippen molar-refractivity contribution in [2.45, 2.75) is 32.2 Å². The summed E-state index contributed by atoms with van der Waals surface area (Å²) in [5.74, 6) is 1.94. The van der Waals surface area contributed by atoms with E-state index in [-0.39, 0.29) is 0 Å². The lowest BCUT2D eigenvalue weighted by Gasteiger charge is -2.10. The zero-order valence-electron chi connectivity index (χ0n) is 10.4. The van der Waals surface area contributed by atoms with E-state index < -0.39 is 0 Å². The van der Waals surface area contributed by atoms with Gasteiger partial charge in [0.05, 0.1) is 5.69 Å². The first-order chi connectivity index (χ1) is 9.16. The molecule has 0 fully saturated rings. The Hall–Kier alpha value is -0.880. The van der Waals surface area contributed by atoms with E-state index in [1.165, 1.54) is 19.3 Å². The van der Waals surface area contributed by atoms with Crippen LogP contribution in [0.5, 0.6) is 0 Å². The van der Waals surface area contributed by atoms with E-state index in [9.17, 15) is 0 Å². The average molecular weight is 386 g/mol. The average Bonchev–Trinajstić information content (AvgIpc) is 2.63. The molecule has 0 unspecified atom stereocenters. The molecule has 100 valence electrons. The van der Waals surface area contributed by atoms with Gasteiger partial charge in [-0.15, -0.1) is 10.2 Å². The lowest BCUT2D eigenvalue weighted by Crippen LogP contribution is -2.04. The summed E-state index contributed by atoms with van der Waals surface area (Å²) in [7, 11) is 0. The molecule has 1 aromatic carbocycles. The lowest BCUT2D eigenvalue weighted by molar-refractivity contribution is 0.637. The van der Waals surface area contributed by atoms with Crippen LogP contribution in [0.1, 0.15) is 25.1 Å². The summed E-state index contributed by atoms with van der Waals surface area (Å²) < 4.78 is 4.06. The highest BCUT2D eigenvalue weighted by atomic mass is 79.9. The standard InChI is InChI=1S/C13H14Br2N4/c14-8-6-9(12(16)10(15)7-8)13-18-17-11-4-2-1-3-5-19(11)13/h6-7H,1-5,16H2. The van der Waals surface area contributed by atoms with Gasteiger partial charge in [-0.3, -0.25) is 0 Å². The molecule has 1 aliphatic heterocycles. The number of nitrogens with two attached hydrogens (primary N) is 1. The van der Waals surface area contributed by atoms with Gasteiger partial charge >= 0.3 is 0 Å². The Morgan fingerprint density at radius 3 is 2.79 bits per heavy atom. The van der Waals surface area contributed by atoms with Crippen molar-refractivity contribution in [2.75, 3.05) is 5.73 Å². The topological polar surface area (TPSA) is 56.7 Å². The molecule has 0 spiro atoms. The van der Waals surface area contributed by atoms with E-state index in [0.717, 1.165) is 39.1 Å². The minimum Gasteiger partial charge on any atom is -0.397 e. The number of hydrogen-bond donors (Lipinski definition) is 1. The summed E-state index contributed by atoms with van der Waals surface area (Å²) in [5.41, 5.74) is 7.81. The van der Waals surface area contributed by atoms with Crippen LogP contribution in [0.3, 0.4) is 0 Å². The monoisotopic (exact) mass is 384 g/mol. The third kappa shape index (κ3) is 2.43. The van der Waals surface area contributed by atoms with Gasteiger partial charge in [-0.1, -0.05) is 22.4 Å². The second kappa shape index (κ2) is 5.25. The number of anilines is 1. The van der Waals surface area contributed by atoms with Crippen LogP contribution >= 0.6 is 31.9 Å². The van der Waals surface area contributed by atoms with Gasteiger partial charge in [0.1, 0.15) is 5.82 Å². The number of fused-ring (bicyclic) bond motifs is 1. The summed E-state index contributed by atoms with van der Waals surface area (Å²) in [4.78, 5) is 0. The highest BCUT2D eigenvalue weighted by Gasteiger charge is 2.18. The van der Waals surface area contributed by atoms with Gasteiger partial charge in [0.15, 0.2) is 5.82 Å². The molecule has 0 atom stereocenters. The Labute approximate surface area is 128 Å². The van der Waals surface area contributed by atoms with Crippen molar-refractivity contribution < 1.29 is 0 Å². The molecule has 1 aromatic heterocycles. The number of hydrogen-bond acceptors (Lipinski definition) is 3. The number of nitrogen functional groups attached to an aromatic ring is 1. The normalized spacial score (nSPS) is 15.1. The van der Waals surface area contributed by atoms with Gasteiger partial charge in [0.2, 0.25) is 0 Å². The maximum absolute atomic E-state index is 6.17. The molecule has 0 amide bonds. The first-order valence-electron chi connectivity index (χ1n) is 6.34. The van der Waals surface area contributed by atoms with Gasteiger partial charge in [0.25, 0.3) is 0 Å². The van der Waals surface area contributed by atoms with Gasteiger partial charge in [-0.25, -0.2) is 0 Å². The lowest BCUT2D eigenvalue weighted by atomic mass is 10.1. The highest BCUT2D eigenvalue weighted by Crippen LogP contribution is 2.35. The van der Waals surface area contributed by atoms with E-state index >= 15 is 0 Å². The predicted octanol–water partition coefficient (Wildman–Crippen LogP) is 3.78. The maximum Gasteiger partial charge on any atom is 0.166 e. The third-order valence-electron chi connectivity index (χ3n) is 3.44. The molecule has 2 N–H and O–H groups in total. The first-order valence-corrected chi connectivity index (χ1v) is 7.92. The molecule has 4 nitrogen and oxygen atoms in total. The van der Waals surface area contributed by atoms with Crippen LogP contribution in [0.15, 0.2) is 21.1 Å². The van der Waals surface area contributed by atoms with E-state index in [2.05, 4.69) is 46.6 Å². The van der Waals surface area contributed by atoms with Crippen molar-refractivity contribution in [2.24, 2.45) is 0 Å². The van der Waals surface area contributed by atoms with Crippen LogP contribution < -0.4 is 5.73 Å². The highest BCUT2D eigenvalue weighted by molar-refractivity contribution is 9.11. The number of nitrogens with zero attached hydrogens (tertiary/aromatic N) is 3. The smallest absolute Gasteiger partial charge is 0.166 e. The van der Waals surface area contributed by atoms with Gasteiger partial charge in [0, 0.05) is 27.5 Å². The number of halogens is 2. The minimum atomic E-state index is 0.711. The van der Waals surface area contributed by atoms with Crippen LogP contribution in [0.4, 0.5) is 5.69 Å². The summed E-state index contributed by atoms with van der Waals surface area (Å²) in [6.07, 6.45) is 4.62. The minimum absolute atomic E-state index is 0.711. The SMILES string of the molecule is Nc1c(Br)cc(Br)cc1-c1nnc2n1CCCCC2. The second-order valence-electron chi connectivity index (χ2n) is 4.75. The molecule has 2 aromatic rings. The summed E-state index contributed by atoms with van der Waals surface area (Å²) >= 11 is 6.98. The summed E-state index contributed by atoms with van der Waals surface area (Å²) in [6.45, 7) is 0.973. The number of aromatic nitrogens is 3. The van der Waals surface area contributed by atoms with Crippen molar-refractivity contribution in [1.29, 1.82) is 0 Å². The molecule has 0 aliphatic carbocycles. The fourth-order valence-corrected chi connectivity index (χ4v) is 3.68. The molecule has 19 heavy (non-hydrogen) atoms. The maximum atomic E-state index is 6.17. The van der Waals surface area contributed by atoms with Crippen molar-refractivity contribution in [3.8, 4) is 11.4 Å². The van der Waals surface area contributed by atoms with E-state index in [4.69, 9.17) is 5.73 Å². The zero-order chi connectivity index (χ0) is 13.4. The molecule has 2 heterocycles. The predicted molar refractivity (Wildman–Crippen MR) is 82.8 cm³/mol. The fraction of sp³-hybridized carbons (Fsp3) is 0.385. The third-order valence-corrected chi connectivity index (χ3v) is 4.56. The Morgan fingerprint density at radius 1 is 1.11 bits per heavy atom. The number of rotatable bonds is 1. The second-order valence-corrected chi connectivity index (χ2v) is 6.52. The first kappa shape index (κ1) is 13.1. The van der Waals surface area contributed by atoms with Crippen molar-refractivity contribution in [3.63, 3.8) is 0 Å². The molecule has 0 radical (unpaired) electrons. The summed E-state index contributed by atoms with van der Waals surface area (Å²) in [6, 6.07) is 3.95. The quantitative estimate of drug-likeness (QED) is 0.760. The van der Waals surface area contributed by atoms with E-state index in [1.54, 1.807) is 0 Å². The molecule has 0 saturated carbocycles. The Balaban J connectivity index is 2.15. The van der Waals surface area contributed by atoms with Gasteiger partial charge < -0.3 is 10.3 Å². The van der Waals surface area contributed by atoms with Crippen molar-refractivity contribution in [3.05, 3.63) is 26.9 Å². The van der Waals surface area contributed by atoms with Crippen LogP contribution in [-0.2, 0) is 13.0 Å².